The maximum atomic E-state index is 13.0. The minimum absolute atomic E-state index is 0.155. The van der Waals surface area contributed by atoms with E-state index in [1.54, 1.807) is 24.4 Å². The van der Waals surface area contributed by atoms with Crippen molar-refractivity contribution in [2.75, 3.05) is 36.4 Å². The molecule has 0 bridgehead atoms. The van der Waals surface area contributed by atoms with Crippen molar-refractivity contribution in [3.63, 3.8) is 0 Å². The summed E-state index contributed by atoms with van der Waals surface area (Å²) >= 11 is 0. The lowest BCUT2D eigenvalue weighted by atomic mass is 10.2. The summed E-state index contributed by atoms with van der Waals surface area (Å²) in [4.78, 5) is 23.9. The van der Waals surface area contributed by atoms with E-state index in [4.69, 9.17) is 5.73 Å². The predicted molar refractivity (Wildman–Crippen MR) is 104 cm³/mol. The summed E-state index contributed by atoms with van der Waals surface area (Å²) < 4.78 is 13.0. The molecule has 8 heteroatoms. The van der Waals surface area contributed by atoms with Crippen molar-refractivity contribution in [2.45, 2.75) is 13.5 Å². The van der Waals surface area contributed by atoms with Gasteiger partial charge in [-0.1, -0.05) is 6.07 Å². The smallest absolute Gasteiger partial charge is 0.222 e. The summed E-state index contributed by atoms with van der Waals surface area (Å²) in [5, 5.41) is 2.63. The maximum absolute atomic E-state index is 13.0. The van der Waals surface area contributed by atoms with Crippen LogP contribution in [-0.2, 0) is 11.3 Å². The Morgan fingerprint density at radius 3 is 2.48 bits per heavy atom. The van der Waals surface area contributed by atoms with Crippen LogP contribution in [0.25, 0.3) is 0 Å². The lowest BCUT2D eigenvalue weighted by Crippen LogP contribution is -2.51. The van der Waals surface area contributed by atoms with Gasteiger partial charge in [-0.15, -0.1) is 0 Å². The molecule has 3 rings (SSSR count). The van der Waals surface area contributed by atoms with Gasteiger partial charge in [0, 0.05) is 45.0 Å². The average Bonchev–Trinajstić information content (AvgIpc) is 2.67. The SMILES string of the molecule is CC(=O)Nc1ccc(CN=C(N)N2CCN(c3ccc(F)cc3)CC2)cn1. The van der Waals surface area contributed by atoms with Gasteiger partial charge in [0.1, 0.15) is 11.6 Å². The molecule has 1 aromatic heterocycles. The highest BCUT2D eigenvalue weighted by molar-refractivity contribution is 5.87. The fourth-order valence-corrected chi connectivity index (χ4v) is 2.89. The Balaban J connectivity index is 1.51. The first-order chi connectivity index (χ1) is 13.0. The zero-order valence-corrected chi connectivity index (χ0v) is 15.2. The number of pyridine rings is 1. The van der Waals surface area contributed by atoms with Crippen LogP contribution in [0.3, 0.4) is 0 Å². The molecule has 1 fully saturated rings. The number of amides is 1. The van der Waals surface area contributed by atoms with E-state index >= 15 is 0 Å². The highest BCUT2D eigenvalue weighted by Gasteiger charge is 2.18. The number of anilines is 2. The molecule has 3 N–H and O–H groups in total. The summed E-state index contributed by atoms with van der Waals surface area (Å²) in [6.07, 6.45) is 1.68. The van der Waals surface area contributed by atoms with Gasteiger partial charge in [-0.2, -0.15) is 0 Å². The van der Waals surface area contributed by atoms with Gasteiger partial charge in [-0.05, 0) is 35.9 Å². The zero-order valence-electron chi connectivity index (χ0n) is 15.2. The quantitative estimate of drug-likeness (QED) is 0.633. The molecule has 0 unspecified atom stereocenters. The van der Waals surface area contributed by atoms with E-state index in [1.165, 1.54) is 19.1 Å². The second-order valence-corrected chi connectivity index (χ2v) is 6.36. The molecule has 1 aliphatic heterocycles. The van der Waals surface area contributed by atoms with Gasteiger partial charge in [-0.3, -0.25) is 4.79 Å². The molecule has 1 aliphatic rings. The van der Waals surface area contributed by atoms with Gasteiger partial charge in [0.2, 0.25) is 5.91 Å². The molecule has 7 nitrogen and oxygen atoms in total. The Hall–Kier alpha value is -3.16. The van der Waals surface area contributed by atoms with Gasteiger partial charge in [-0.25, -0.2) is 14.4 Å². The van der Waals surface area contributed by atoms with E-state index in [0.29, 0.717) is 18.3 Å². The second kappa shape index (κ2) is 8.48. The van der Waals surface area contributed by atoms with Crippen LogP contribution in [0.2, 0.25) is 0 Å². The van der Waals surface area contributed by atoms with Gasteiger partial charge in [0.05, 0.1) is 6.54 Å². The normalized spacial score (nSPS) is 15.0. The Labute approximate surface area is 157 Å². The molecule has 1 amide bonds. The Morgan fingerprint density at radius 1 is 1.19 bits per heavy atom. The number of halogens is 1. The van der Waals surface area contributed by atoms with Gasteiger partial charge in [0.25, 0.3) is 0 Å². The summed E-state index contributed by atoms with van der Waals surface area (Å²) in [6.45, 7) is 4.98. The second-order valence-electron chi connectivity index (χ2n) is 6.36. The van der Waals surface area contributed by atoms with Crippen LogP contribution in [0, 0.1) is 5.82 Å². The van der Waals surface area contributed by atoms with E-state index in [0.717, 1.165) is 37.4 Å². The van der Waals surface area contributed by atoms with Crippen LogP contribution in [0.15, 0.2) is 47.6 Å². The van der Waals surface area contributed by atoms with Crippen molar-refractivity contribution in [1.82, 2.24) is 9.88 Å². The van der Waals surface area contributed by atoms with Crippen molar-refractivity contribution < 1.29 is 9.18 Å². The topological polar surface area (TPSA) is 86.8 Å². The number of nitrogens with two attached hydrogens (primary N) is 1. The summed E-state index contributed by atoms with van der Waals surface area (Å²) in [5.74, 6) is 0.630. The molecule has 1 saturated heterocycles. The monoisotopic (exact) mass is 370 g/mol. The van der Waals surface area contributed by atoms with Gasteiger partial charge < -0.3 is 20.9 Å². The molecule has 1 aromatic carbocycles. The van der Waals surface area contributed by atoms with E-state index in [1.807, 2.05) is 11.0 Å². The molecular weight excluding hydrogens is 347 g/mol. The minimum Gasteiger partial charge on any atom is -0.370 e. The van der Waals surface area contributed by atoms with Crippen molar-refractivity contribution >= 4 is 23.4 Å². The standard InChI is InChI=1S/C19H23FN6O/c1-14(27)24-18-7-2-15(12-22-18)13-23-19(21)26-10-8-25(9-11-26)17-5-3-16(20)4-6-17/h2-7,12H,8-11,13H2,1H3,(H2,21,23)(H,22,24,27). The average molecular weight is 370 g/mol. The van der Waals surface area contributed by atoms with Crippen LogP contribution in [0.5, 0.6) is 0 Å². The third-order valence-electron chi connectivity index (χ3n) is 4.35. The minimum atomic E-state index is -0.228. The summed E-state index contributed by atoms with van der Waals surface area (Å²) in [5.41, 5.74) is 8.05. The Kier molecular flexibility index (Phi) is 5.85. The number of piperazine rings is 1. The number of nitrogens with one attached hydrogen (secondary N) is 1. The number of guanidine groups is 1. The highest BCUT2D eigenvalue weighted by Crippen LogP contribution is 2.17. The van der Waals surface area contributed by atoms with E-state index in [-0.39, 0.29) is 11.7 Å². The third-order valence-corrected chi connectivity index (χ3v) is 4.35. The number of hydrogen-bond donors (Lipinski definition) is 2. The largest absolute Gasteiger partial charge is 0.370 e. The number of carbonyl (C=O) groups excluding carboxylic acids is 1. The Morgan fingerprint density at radius 2 is 1.89 bits per heavy atom. The fourth-order valence-electron chi connectivity index (χ4n) is 2.89. The molecule has 0 atom stereocenters. The lowest BCUT2D eigenvalue weighted by molar-refractivity contribution is -0.114. The molecular formula is C19H23FN6O. The van der Waals surface area contributed by atoms with E-state index in [9.17, 15) is 9.18 Å². The van der Waals surface area contributed by atoms with Gasteiger partial charge >= 0.3 is 0 Å². The Bertz CT molecular complexity index is 798. The lowest BCUT2D eigenvalue weighted by Gasteiger charge is -2.36. The predicted octanol–water partition coefficient (Wildman–Crippen LogP) is 1.82. The van der Waals surface area contributed by atoms with E-state index < -0.39 is 0 Å². The molecule has 0 aliphatic carbocycles. The number of benzene rings is 1. The first-order valence-corrected chi connectivity index (χ1v) is 8.79. The van der Waals surface area contributed by atoms with Crippen LogP contribution >= 0.6 is 0 Å². The van der Waals surface area contributed by atoms with E-state index in [2.05, 4.69) is 20.2 Å². The molecule has 142 valence electrons. The van der Waals surface area contributed by atoms with Gasteiger partial charge in [0.15, 0.2) is 5.96 Å². The molecule has 0 radical (unpaired) electrons. The highest BCUT2D eigenvalue weighted by atomic mass is 19.1. The zero-order chi connectivity index (χ0) is 19.2. The molecule has 0 spiro atoms. The number of aromatic nitrogens is 1. The van der Waals surface area contributed by atoms with Crippen LogP contribution in [0.1, 0.15) is 12.5 Å². The summed E-state index contributed by atoms with van der Waals surface area (Å²) in [6, 6.07) is 10.1. The van der Waals surface area contributed by atoms with Crippen LogP contribution in [-0.4, -0.2) is 47.9 Å². The molecule has 2 heterocycles. The number of rotatable bonds is 4. The first-order valence-electron chi connectivity index (χ1n) is 8.79. The van der Waals surface area contributed by atoms with Crippen LogP contribution < -0.4 is 16.0 Å². The number of carbonyl (C=O) groups is 1. The van der Waals surface area contributed by atoms with Crippen molar-refractivity contribution in [3.8, 4) is 0 Å². The summed E-state index contributed by atoms with van der Waals surface area (Å²) in [7, 11) is 0. The maximum Gasteiger partial charge on any atom is 0.222 e. The number of aliphatic imine (C=N–C) groups is 1. The number of hydrogen-bond acceptors (Lipinski definition) is 4. The number of nitrogens with zero attached hydrogens (tertiary/aromatic N) is 4. The van der Waals surface area contributed by atoms with Crippen molar-refractivity contribution in [1.29, 1.82) is 0 Å². The van der Waals surface area contributed by atoms with Crippen molar-refractivity contribution in [2.24, 2.45) is 10.7 Å². The van der Waals surface area contributed by atoms with Crippen LogP contribution in [0.4, 0.5) is 15.9 Å². The third kappa shape index (κ3) is 5.16. The molecule has 27 heavy (non-hydrogen) atoms. The first kappa shape index (κ1) is 18.6. The molecule has 0 saturated carbocycles. The fraction of sp³-hybridized carbons (Fsp3) is 0.316. The van der Waals surface area contributed by atoms with Crippen molar-refractivity contribution in [3.05, 3.63) is 54.0 Å². The molecule has 2 aromatic rings.